The van der Waals surface area contributed by atoms with E-state index in [9.17, 15) is 14.4 Å². The van der Waals surface area contributed by atoms with Crippen molar-refractivity contribution in [1.29, 1.82) is 0 Å². The van der Waals surface area contributed by atoms with Crippen molar-refractivity contribution in [3.05, 3.63) is 88.4 Å². The zero-order chi connectivity index (χ0) is 27.2. The number of carboxylic acids is 1. The average molecular weight is 533 g/mol. The second kappa shape index (κ2) is 11.9. The van der Waals surface area contributed by atoms with E-state index in [4.69, 9.17) is 16.7 Å². The Morgan fingerprint density at radius 2 is 1.74 bits per heavy atom. The number of rotatable bonds is 10. The molecule has 0 aromatic heterocycles. The first-order valence-corrected chi connectivity index (χ1v) is 12.6. The summed E-state index contributed by atoms with van der Waals surface area (Å²) in [6, 6.07) is 19.7. The molecular weight excluding hydrogens is 504 g/mol. The Balaban J connectivity index is 1.71. The number of carboxylic acid groups (broad SMARTS) is 1. The van der Waals surface area contributed by atoms with Crippen LogP contribution in [0.25, 0.3) is 11.3 Å². The summed E-state index contributed by atoms with van der Waals surface area (Å²) in [5.74, 6) is -1.23. The topological polar surface area (TPSA) is 111 Å². The van der Waals surface area contributed by atoms with Gasteiger partial charge in [-0.25, -0.2) is 0 Å². The van der Waals surface area contributed by atoms with E-state index in [0.29, 0.717) is 45.2 Å². The number of hydrogen-bond donors (Lipinski definition) is 4. The number of nitrogens with one attached hydrogen (secondary N) is 3. The second-order valence-corrected chi connectivity index (χ2v) is 9.40. The highest BCUT2D eigenvalue weighted by molar-refractivity contribution is 6.38. The lowest BCUT2D eigenvalue weighted by Gasteiger charge is -2.22. The van der Waals surface area contributed by atoms with Gasteiger partial charge in [-0.1, -0.05) is 41.9 Å². The molecule has 4 N–H and O–H groups in total. The third-order valence-electron chi connectivity index (χ3n) is 6.21. The van der Waals surface area contributed by atoms with Gasteiger partial charge in [0.2, 0.25) is 5.91 Å². The molecule has 0 bridgehead atoms. The van der Waals surface area contributed by atoms with Crippen LogP contribution in [0.2, 0.25) is 5.02 Å². The fourth-order valence-corrected chi connectivity index (χ4v) is 4.56. The SMILES string of the molecule is CNCCCN(C(C)=O)c1ccc(N/C(=C2\C(=O)Nc3cc(Cl)ccc32)c2ccc(CC(=O)O)cc2)cc1. The Morgan fingerprint density at radius 1 is 1.03 bits per heavy atom. The Morgan fingerprint density at radius 3 is 2.37 bits per heavy atom. The van der Waals surface area contributed by atoms with E-state index in [-0.39, 0.29) is 18.2 Å². The quantitative estimate of drug-likeness (QED) is 0.219. The van der Waals surface area contributed by atoms with Gasteiger partial charge in [0.05, 0.1) is 23.4 Å². The predicted molar refractivity (Wildman–Crippen MR) is 151 cm³/mol. The third kappa shape index (κ3) is 6.22. The number of hydrogen-bond acceptors (Lipinski definition) is 5. The van der Waals surface area contributed by atoms with Crippen molar-refractivity contribution in [3.8, 4) is 0 Å². The molecule has 0 saturated heterocycles. The van der Waals surface area contributed by atoms with E-state index >= 15 is 0 Å². The summed E-state index contributed by atoms with van der Waals surface area (Å²) in [5, 5.41) is 19.0. The van der Waals surface area contributed by atoms with Gasteiger partial charge in [0.15, 0.2) is 0 Å². The van der Waals surface area contributed by atoms with Gasteiger partial charge < -0.3 is 26.0 Å². The summed E-state index contributed by atoms with van der Waals surface area (Å²) in [6.07, 6.45) is 0.729. The van der Waals surface area contributed by atoms with Gasteiger partial charge in [0.25, 0.3) is 5.91 Å². The maximum atomic E-state index is 13.1. The van der Waals surface area contributed by atoms with Crippen LogP contribution in [-0.4, -0.2) is 43.0 Å². The van der Waals surface area contributed by atoms with E-state index in [2.05, 4.69) is 16.0 Å². The maximum absolute atomic E-state index is 13.1. The number of nitrogens with zero attached hydrogens (tertiary/aromatic N) is 1. The predicted octanol–water partition coefficient (Wildman–Crippen LogP) is 4.86. The fourth-order valence-electron chi connectivity index (χ4n) is 4.39. The lowest BCUT2D eigenvalue weighted by molar-refractivity contribution is -0.136. The van der Waals surface area contributed by atoms with Crippen LogP contribution in [0.3, 0.4) is 0 Å². The van der Waals surface area contributed by atoms with Crippen molar-refractivity contribution in [2.75, 3.05) is 35.7 Å². The van der Waals surface area contributed by atoms with Crippen LogP contribution in [0.4, 0.5) is 17.1 Å². The first kappa shape index (κ1) is 26.9. The summed E-state index contributed by atoms with van der Waals surface area (Å²) in [6.45, 7) is 2.95. The molecule has 196 valence electrons. The molecule has 9 heteroatoms. The fraction of sp³-hybridized carbons (Fsp3) is 0.207. The maximum Gasteiger partial charge on any atom is 0.307 e. The lowest BCUT2D eigenvalue weighted by atomic mass is 9.98. The Hall–Kier alpha value is -4.14. The minimum Gasteiger partial charge on any atom is -0.481 e. The number of fused-ring (bicyclic) bond motifs is 1. The molecule has 2 amide bonds. The van der Waals surface area contributed by atoms with Crippen LogP contribution in [0, 0.1) is 0 Å². The zero-order valence-corrected chi connectivity index (χ0v) is 21.9. The van der Waals surface area contributed by atoms with Gasteiger partial charge in [0, 0.05) is 35.4 Å². The minimum absolute atomic E-state index is 0.0380. The number of halogens is 1. The smallest absolute Gasteiger partial charge is 0.307 e. The van der Waals surface area contributed by atoms with Crippen LogP contribution >= 0.6 is 11.6 Å². The van der Waals surface area contributed by atoms with Gasteiger partial charge in [-0.3, -0.25) is 14.4 Å². The van der Waals surface area contributed by atoms with Gasteiger partial charge in [-0.2, -0.15) is 0 Å². The summed E-state index contributed by atoms with van der Waals surface area (Å²) < 4.78 is 0. The number of carbonyl (C=O) groups is 3. The first-order chi connectivity index (χ1) is 18.3. The van der Waals surface area contributed by atoms with Crippen LogP contribution in [-0.2, 0) is 20.8 Å². The molecule has 3 aromatic carbocycles. The van der Waals surface area contributed by atoms with Crippen molar-refractivity contribution in [2.45, 2.75) is 19.8 Å². The standard InChI is InChI=1S/C29H29ClN4O4/c1-18(35)34(15-3-14-31-2)23-11-9-22(10-12-23)32-28(20-6-4-19(5-7-20)16-26(36)37)27-24-13-8-21(30)17-25(24)33-29(27)38/h4-13,17,31-32H,3,14-16H2,1-2H3,(H,33,38)(H,36,37)/b28-27-. The largest absolute Gasteiger partial charge is 0.481 e. The van der Waals surface area contributed by atoms with Crippen molar-refractivity contribution in [2.24, 2.45) is 0 Å². The molecule has 0 fully saturated rings. The number of anilines is 3. The van der Waals surface area contributed by atoms with E-state index in [1.807, 2.05) is 31.3 Å². The Bertz CT molecular complexity index is 1380. The molecule has 38 heavy (non-hydrogen) atoms. The number of benzene rings is 3. The van der Waals surface area contributed by atoms with Crippen LogP contribution in [0.5, 0.6) is 0 Å². The van der Waals surface area contributed by atoms with Crippen LogP contribution in [0.1, 0.15) is 30.0 Å². The molecule has 0 unspecified atom stereocenters. The molecule has 3 aromatic rings. The minimum atomic E-state index is -0.916. The average Bonchev–Trinajstić information content (AvgIpc) is 3.20. The summed E-state index contributed by atoms with van der Waals surface area (Å²) in [7, 11) is 1.88. The lowest BCUT2D eigenvalue weighted by Crippen LogP contribution is -2.31. The molecule has 0 radical (unpaired) electrons. The second-order valence-electron chi connectivity index (χ2n) is 8.96. The molecule has 1 aliphatic heterocycles. The molecule has 0 aliphatic carbocycles. The summed E-state index contributed by atoms with van der Waals surface area (Å²) in [5.41, 5.74) is 5.22. The number of carbonyl (C=O) groups excluding carboxylic acids is 2. The van der Waals surface area contributed by atoms with E-state index < -0.39 is 5.97 Å². The van der Waals surface area contributed by atoms with Crippen molar-refractivity contribution in [1.82, 2.24) is 5.32 Å². The molecule has 1 heterocycles. The highest BCUT2D eigenvalue weighted by Gasteiger charge is 2.28. The molecular formula is C29H29ClN4O4. The molecule has 0 saturated carbocycles. The number of aliphatic carboxylic acids is 1. The van der Waals surface area contributed by atoms with Crippen LogP contribution < -0.4 is 20.9 Å². The summed E-state index contributed by atoms with van der Waals surface area (Å²) in [4.78, 5) is 38.2. The highest BCUT2D eigenvalue weighted by Crippen LogP contribution is 2.39. The molecule has 8 nitrogen and oxygen atoms in total. The van der Waals surface area contributed by atoms with Gasteiger partial charge in [-0.15, -0.1) is 0 Å². The first-order valence-electron chi connectivity index (χ1n) is 12.2. The van der Waals surface area contributed by atoms with Crippen molar-refractivity contribution < 1.29 is 19.5 Å². The van der Waals surface area contributed by atoms with E-state index in [1.165, 1.54) is 0 Å². The van der Waals surface area contributed by atoms with Gasteiger partial charge in [0.1, 0.15) is 0 Å². The van der Waals surface area contributed by atoms with Gasteiger partial charge in [-0.05, 0) is 67.5 Å². The monoisotopic (exact) mass is 532 g/mol. The number of amides is 2. The van der Waals surface area contributed by atoms with E-state index in [1.54, 1.807) is 54.3 Å². The Kier molecular flexibility index (Phi) is 8.45. The molecule has 4 rings (SSSR count). The van der Waals surface area contributed by atoms with Crippen LogP contribution in [0.15, 0.2) is 66.7 Å². The van der Waals surface area contributed by atoms with Crippen molar-refractivity contribution >= 4 is 57.7 Å². The molecule has 1 aliphatic rings. The van der Waals surface area contributed by atoms with Gasteiger partial charge >= 0.3 is 5.97 Å². The third-order valence-corrected chi connectivity index (χ3v) is 6.45. The summed E-state index contributed by atoms with van der Waals surface area (Å²) >= 11 is 6.14. The normalized spacial score (nSPS) is 13.5. The zero-order valence-electron chi connectivity index (χ0n) is 21.2. The molecule has 0 spiro atoms. The van der Waals surface area contributed by atoms with Crippen molar-refractivity contribution in [3.63, 3.8) is 0 Å². The molecule has 0 atom stereocenters. The Labute approximate surface area is 226 Å². The highest BCUT2D eigenvalue weighted by atomic mass is 35.5. The van der Waals surface area contributed by atoms with E-state index in [0.717, 1.165) is 24.3 Å².